The SMILES string of the molecule is COc1cc(C(N)=S)cc(Cl)c1OCc1c(Cl)cccc1Cl. The standard InChI is InChI=1S/C15H12Cl3NO2S/c1-20-13-6-8(15(19)22)5-12(18)14(13)21-7-9-10(16)3-2-4-11(9)17/h2-6H,7H2,1H3,(H2,19,22). The van der Waals surface area contributed by atoms with E-state index in [0.717, 1.165) is 0 Å². The molecule has 22 heavy (non-hydrogen) atoms. The molecule has 2 rings (SSSR count). The summed E-state index contributed by atoms with van der Waals surface area (Å²) in [5, 5.41) is 1.37. The van der Waals surface area contributed by atoms with Crippen molar-refractivity contribution in [1.29, 1.82) is 0 Å². The zero-order valence-electron chi connectivity index (χ0n) is 11.5. The molecule has 3 nitrogen and oxygen atoms in total. The number of benzene rings is 2. The van der Waals surface area contributed by atoms with E-state index in [4.69, 9.17) is 62.2 Å². The second kappa shape index (κ2) is 7.38. The number of hydrogen-bond acceptors (Lipinski definition) is 3. The van der Waals surface area contributed by atoms with Gasteiger partial charge in [0.05, 0.1) is 12.1 Å². The molecular formula is C15H12Cl3NO2S. The minimum absolute atomic E-state index is 0.154. The van der Waals surface area contributed by atoms with Gasteiger partial charge in [0.1, 0.15) is 11.6 Å². The lowest BCUT2D eigenvalue weighted by Crippen LogP contribution is -2.10. The molecule has 0 heterocycles. The molecule has 116 valence electrons. The van der Waals surface area contributed by atoms with E-state index in [2.05, 4.69) is 0 Å². The topological polar surface area (TPSA) is 44.5 Å². The molecule has 2 aromatic carbocycles. The molecule has 7 heteroatoms. The highest BCUT2D eigenvalue weighted by Crippen LogP contribution is 2.37. The Morgan fingerprint density at radius 2 is 1.77 bits per heavy atom. The van der Waals surface area contributed by atoms with Gasteiger partial charge in [-0.15, -0.1) is 0 Å². The third kappa shape index (κ3) is 3.76. The molecule has 0 bridgehead atoms. The summed E-state index contributed by atoms with van der Waals surface area (Å²) in [4.78, 5) is 0.223. The van der Waals surface area contributed by atoms with Crippen molar-refractivity contribution < 1.29 is 9.47 Å². The van der Waals surface area contributed by atoms with E-state index >= 15 is 0 Å². The van der Waals surface area contributed by atoms with Gasteiger partial charge in [-0.05, 0) is 24.3 Å². The van der Waals surface area contributed by atoms with Crippen LogP contribution in [0, 0.1) is 0 Å². The third-order valence-corrected chi connectivity index (χ3v) is 4.16. The van der Waals surface area contributed by atoms with Gasteiger partial charge in [-0.3, -0.25) is 0 Å². The fraction of sp³-hybridized carbons (Fsp3) is 0.133. The number of ether oxygens (including phenoxy) is 2. The Kier molecular flexibility index (Phi) is 5.75. The van der Waals surface area contributed by atoms with E-state index in [9.17, 15) is 0 Å². The van der Waals surface area contributed by atoms with Gasteiger partial charge < -0.3 is 15.2 Å². The largest absolute Gasteiger partial charge is 0.493 e. The first kappa shape index (κ1) is 17.2. The van der Waals surface area contributed by atoms with Crippen molar-refractivity contribution in [3.63, 3.8) is 0 Å². The molecule has 0 saturated carbocycles. The summed E-state index contributed by atoms with van der Waals surface area (Å²) in [6.07, 6.45) is 0. The summed E-state index contributed by atoms with van der Waals surface area (Å²) >= 11 is 23.4. The summed E-state index contributed by atoms with van der Waals surface area (Å²) in [5.41, 5.74) is 6.87. The van der Waals surface area contributed by atoms with Crippen molar-refractivity contribution in [2.75, 3.05) is 7.11 Å². The maximum absolute atomic E-state index is 6.22. The smallest absolute Gasteiger partial charge is 0.180 e. The Morgan fingerprint density at radius 3 is 2.32 bits per heavy atom. The summed E-state index contributed by atoms with van der Waals surface area (Å²) in [6.45, 7) is 0.154. The molecule has 0 aliphatic rings. The van der Waals surface area contributed by atoms with Crippen LogP contribution in [0.4, 0.5) is 0 Å². The Balaban J connectivity index is 2.32. The van der Waals surface area contributed by atoms with Crippen LogP contribution in [0.15, 0.2) is 30.3 Å². The Labute approximate surface area is 148 Å². The molecule has 0 aromatic heterocycles. The first-order chi connectivity index (χ1) is 10.4. The zero-order valence-corrected chi connectivity index (χ0v) is 14.6. The summed E-state index contributed by atoms with van der Waals surface area (Å²) in [5.74, 6) is 0.804. The lowest BCUT2D eigenvalue weighted by molar-refractivity contribution is 0.285. The molecule has 0 fully saturated rings. The normalized spacial score (nSPS) is 10.4. The van der Waals surface area contributed by atoms with Crippen molar-refractivity contribution in [3.8, 4) is 11.5 Å². The van der Waals surface area contributed by atoms with Gasteiger partial charge in [-0.1, -0.05) is 53.1 Å². The first-order valence-corrected chi connectivity index (χ1v) is 7.71. The van der Waals surface area contributed by atoms with Gasteiger partial charge in [0.25, 0.3) is 0 Å². The zero-order chi connectivity index (χ0) is 16.3. The van der Waals surface area contributed by atoms with Crippen molar-refractivity contribution in [1.82, 2.24) is 0 Å². The fourth-order valence-corrected chi connectivity index (χ4v) is 2.71. The number of nitrogens with two attached hydrogens (primary N) is 1. The second-order valence-electron chi connectivity index (χ2n) is 4.34. The lowest BCUT2D eigenvalue weighted by Gasteiger charge is -2.15. The highest BCUT2D eigenvalue weighted by atomic mass is 35.5. The van der Waals surface area contributed by atoms with Gasteiger partial charge in [0, 0.05) is 21.2 Å². The molecule has 0 amide bonds. The van der Waals surface area contributed by atoms with Crippen LogP contribution in [0.5, 0.6) is 11.5 Å². The van der Waals surface area contributed by atoms with E-state index in [0.29, 0.717) is 37.7 Å². The van der Waals surface area contributed by atoms with Crippen LogP contribution in [0.2, 0.25) is 15.1 Å². The Morgan fingerprint density at radius 1 is 1.14 bits per heavy atom. The predicted molar refractivity (Wildman–Crippen MR) is 94.7 cm³/mol. The van der Waals surface area contributed by atoms with Gasteiger partial charge in [0.15, 0.2) is 11.5 Å². The van der Waals surface area contributed by atoms with E-state index in [1.165, 1.54) is 7.11 Å². The van der Waals surface area contributed by atoms with Gasteiger partial charge in [0.2, 0.25) is 0 Å². The van der Waals surface area contributed by atoms with E-state index in [1.54, 1.807) is 30.3 Å². The average molecular weight is 377 g/mol. The van der Waals surface area contributed by atoms with Gasteiger partial charge in [-0.25, -0.2) is 0 Å². The van der Waals surface area contributed by atoms with Crippen LogP contribution in [0.25, 0.3) is 0 Å². The maximum Gasteiger partial charge on any atom is 0.180 e. The number of rotatable bonds is 5. The molecule has 0 atom stereocenters. The van der Waals surface area contributed by atoms with Crippen molar-refractivity contribution in [2.24, 2.45) is 5.73 Å². The average Bonchev–Trinajstić information content (AvgIpc) is 2.47. The molecule has 2 N–H and O–H groups in total. The van der Waals surface area contributed by atoms with E-state index < -0.39 is 0 Å². The van der Waals surface area contributed by atoms with Crippen molar-refractivity contribution >= 4 is 52.0 Å². The van der Waals surface area contributed by atoms with Crippen LogP contribution in [0.3, 0.4) is 0 Å². The van der Waals surface area contributed by atoms with E-state index in [1.807, 2.05) is 0 Å². The summed E-state index contributed by atoms with van der Waals surface area (Å²) in [7, 11) is 1.50. The van der Waals surface area contributed by atoms with Crippen LogP contribution in [-0.2, 0) is 6.61 Å². The molecule has 2 aromatic rings. The number of thiocarbonyl (C=S) groups is 1. The monoisotopic (exact) mass is 375 g/mol. The summed E-state index contributed by atoms with van der Waals surface area (Å²) < 4.78 is 11.0. The molecular weight excluding hydrogens is 365 g/mol. The number of halogens is 3. The molecule has 0 saturated heterocycles. The number of methoxy groups -OCH3 is 1. The molecule has 0 spiro atoms. The summed E-state index contributed by atoms with van der Waals surface area (Å²) in [6, 6.07) is 8.52. The molecule has 0 radical (unpaired) electrons. The maximum atomic E-state index is 6.22. The van der Waals surface area contributed by atoms with Crippen LogP contribution in [-0.4, -0.2) is 12.1 Å². The minimum Gasteiger partial charge on any atom is -0.493 e. The van der Waals surface area contributed by atoms with Crippen LogP contribution < -0.4 is 15.2 Å². The highest BCUT2D eigenvalue weighted by molar-refractivity contribution is 7.80. The lowest BCUT2D eigenvalue weighted by atomic mass is 10.2. The minimum atomic E-state index is 0.154. The Bertz CT molecular complexity index is 702. The third-order valence-electron chi connectivity index (χ3n) is 2.94. The molecule has 0 aliphatic heterocycles. The van der Waals surface area contributed by atoms with E-state index in [-0.39, 0.29) is 11.6 Å². The van der Waals surface area contributed by atoms with Crippen molar-refractivity contribution in [3.05, 3.63) is 56.5 Å². The molecule has 0 aliphatic carbocycles. The Hall–Kier alpha value is -1.20. The van der Waals surface area contributed by atoms with Crippen molar-refractivity contribution in [2.45, 2.75) is 6.61 Å². The van der Waals surface area contributed by atoms with Gasteiger partial charge >= 0.3 is 0 Å². The van der Waals surface area contributed by atoms with Crippen LogP contribution in [0.1, 0.15) is 11.1 Å². The van der Waals surface area contributed by atoms with Crippen LogP contribution >= 0.6 is 47.0 Å². The fourth-order valence-electron chi connectivity index (χ4n) is 1.82. The number of hydrogen-bond donors (Lipinski definition) is 1. The molecule has 0 unspecified atom stereocenters. The quantitative estimate of drug-likeness (QED) is 0.756. The van der Waals surface area contributed by atoms with Gasteiger partial charge in [-0.2, -0.15) is 0 Å². The highest BCUT2D eigenvalue weighted by Gasteiger charge is 2.15. The second-order valence-corrected chi connectivity index (χ2v) is 6.00. The predicted octanol–water partition coefficient (Wildman–Crippen LogP) is 4.87. The first-order valence-electron chi connectivity index (χ1n) is 6.17.